The van der Waals surface area contributed by atoms with Crippen molar-refractivity contribution < 1.29 is 27.9 Å². The van der Waals surface area contributed by atoms with E-state index in [1.807, 2.05) is 0 Å². The van der Waals surface area contributed by atoms with Crippen LogP contribution in [-0.4, -0.2) is 54.1 Å². The molecule has 2 aromatic carbocycles. The van der Waals surface area contributed by atoms with Gasteiger partial charge in [0.2, 0.25) is 11.7 Å². The van der Waals surface area contributed by atoms with E-state index in [1.54, 1.807) is 37.4 Å². The highest BCUT2D eigenvalue weighted by molar-refractivity contribution is 8.15. The van der Waals surface area contributed by atoms with E-state index >= 15 is 4.39 Å². The highest BCUT2D eigenvalue weighted by atomic mass is 32.2. The number of hydrogen-bond acceptors (Lipinski definition) is 9. The topological polar surface area (TPSA) is 108 Å². The van der Waals surface area contributed by atoms with Crippen LogP contribution in [0.15, 0.2) is 44.8 Å². The lowest BCUT2D eigenvalue weighted by atomic mass is 10.0. The molecule has 176 valence electrons. The van der Waals surface area contributed by atoms with Crippen molar-refractivity contribution in [2.75, 3.05) is 27.1 Å². The molecule has 0 saturated carbocycles. The lowest BCUT2D eigenvalue weighted by Gasteiger charge is -2.14. The molecule has 2 heterocycles. The minimum absolute atomic E-state index is 0.135. The Hall–Kier alpha value is -3.73. The van der Waals surface area contributed by atoms with E-state index in [-0.39, 0.29) is 16.3 Å². The number of carbonyl (C=O) groups excluding carboxylic acids is 1. The Morgan fingerprint density at radius 1 is 1.24 bits per heavy atom. The zero-order valence-electron chi connectivity index (χ0n) is 18.9. The predicted octanol–water partition coefficient (Wildman–Crippen LogP) is 4.78. The van der Waals surface area contributed by atoms with Crippen molar-refractivity contribution in [3.8, 4) is 22.9 Å². The Morgan fingerprint density at radius 2 is 2.00 bits per heavy atom. The number of aromatic nitrogens is 2. The van der Waals surface area contributed by atoms with E-state index in [9.17, 15) is 4.79 Å². The molecule has 0 saturated heterocycles. The number of aryl methyl sites for hydroxylation is 1. The summed E-state index contributed by atoms with van der Waals surface area (Å²) in [6, 6.07) is 8.48. The first kappa shape index (κ1) is 23.4. The van der Waals surface area contributed by atoms with E-state index in [4.69, 9.17) is 14.0 Å². The molecule has 1 aliphatic heterocycles. The number of benzene rings is 2. The molecule has 0 atom stereocenters. The SMILES string of the molecule is COC(=O)/N=C(SC)/C(=N\c1ccc(-c2noc(C)n2)cc1)c1cc(OC)c2c(c1F)CCO2. The number of halogens is 1. The van der Waals surface area contributed by atoms with E-state index in [0.29, 0.717) is 47.5 Å². The van der Waals surface area contributed by atoms with Crippen LogP contribution in [0.25, 0.3) is 11.4 Å². The zero-order chi connectivity index (χ0) is 24.2. The molecule has 3 aromatic rings. The second-order valence-electron chi connectivity index (χ2n) is 7.08. The third kappa shape index (κ3) is 4.65. The largest absolute Gasteiger partial charge is 0.493 e. The van der Waals surface area contributed by atoms with E-state index in [1.165, 1.54) is 20.3 Å². The van der Waals surface area contributed by atoms with Crippen LogP contribution >= 0.6 is 11.8 Å². The molecule has 1 aromatic heterocycles. The molecule has 0 spiro atoms. The molecule has 0 radical (unpaired) electrons. The summed E-state index contributed by atoms with van der Waals surface area (Å²) >= 11 is 1.14. The molecule has 0 bridgehead atoms. The first-order chi connectivity index (χ1) is 16.4. The van der Waals surface area contributed by atoms with Gasteiger partial charge in [0.05, 0.1) is 26.5 Å². The second kappa shape index (κ2) is 10.0. The van der Waals surface area contributed by atoms with E-state index < -0.39 is 11.9 Å². The van der Waals surface area contributed by atoms with Crippen LogP contribution in [0.3, 0.4) is 0 Å². The van der Waals surface area contributed by atoms with Gasteiger partial charge in [0, 0.05) is 30.0 Å². The van der Waals surface area contributed by atoms with Gasteiger partial charge in [-0.3, -0.25) is 0 Å². The molecule has 4 rings (SSSR count). The molecular weight excluding hydrogens is 463 g/mol. The fourth-order valence-corrected chi connectivity index (χ4v) is 3.92. The van der Waals surface area contributed by atoms with Gasteiger partial charge in [0.25, 0.3) is 0 Å². The molecule has 9 nitrogen and oxygen atoms in total. The van der Waals surface area contributed by atoms with Crippen molar-refractivity contribution in [1.82, 2.24) is 10.1 Å². The van der Waals surface area contributed by atoms with Crippen LogP contribution in [0.1, 0.15) is 17.0 Å². The summed E-state index contributed by atoms with van der Waals surface area (Å²) in [5, 5.41) is 4.09. The van der Waals surface area contributed by atoms with Crippen molar-refractivity contribution in [2.24, 2.45) is 9.98 Å². The van der Waals surface area contributed by atoms with Crippen LogP contribution in [0.4, 0.5) is 14.9 Å². The van der Waals surface area contributed by atoms with Gasteiger partial charge in [0.1, 0.15) is 16.6 Å². The van der Waals surface area contributed by atoms with E-state index in [2.05, 4.69) is 24.9 Å². The highest BCUT2D eigenvalue weighted by Crippen LogP contribution is 2.40. The first-order valence-corrected chi connectivity index (χ1v) is 11.4. The van der Waals surface area contributed by atoms with Crippen LogP contribution in [0, 0.1) is 12.7 Å². The number of ether oxygens (including phenoxy) is 3. The molecule has 11 heteroatoms. The average Bonchev–Trinajstić information content (AvgIpc) is 3.52. The zero-order valence-corrected chi connectivity index (χ0v) is 19.7. The summed E-state index contributed by atoms with van der Waals surface area (Å²) in [5.41, 5.74) is 1.92. The van der Waals surface area contributed by atoms with Crippen molar-refractivity contribution >= 4 is 34.3 Å². The molecule has 0 N–H and O–H groups in total. The smallest absolute Gasteiger partial charge is 0.434 e. The number of amides is 1. The maximum atomic E-state index is 15.6. The summed E-state index contributed by atoms with van der Waals surface area (Å²) in [4.78, 5) is 24.7. The summed E-state index contributed by atoms with van der Waals surface area (Å²) in [5.74, 6) is 1.14. The lowest BCUT2D eigenvalue weighted by molar-refractivity contribution is 0.183. The Balaban J connectivity index is 1.85. The van der Waals surface area contributed by atoms with Crippen LogP contribution in [-0.2, 0) is 11.2 Å². The third-order valence-corrected chi connectivity index (χ3v) is 5.68. The molecule has 0 aliphatic carbocycles. The van der Waals surface area contributed by atoms with Gasteiger partial charge in [-0.25, -0.2) is 14.2 Å². The summed E-state index contributed by atoms with van der Waals surface area (Å²) in [7, 11) is 2.70. The maximum Gasteiger partial charge on any atom is 0.434 e. The predicted molar refractivity (Wildman–Crippen MR) is 126 cm³/mol. The minimum atomic E-state index is -0.822. The standard InChI is InChI=1S/C23H21FN4O5S/c1-12-25-21(28-33-12)13-5-7-14(8-6-13)26-19(22(34-4)27-23(29)31-3)16-11-17(30-2)20-15(18(16)24)9-10-32-20/h5-8,11H,9-10H2,1-4H3/b26-19-,27-22-. The number of aliphatic imine (C=N–C) groups is 2. The molecule has 1 aliphatic rings. The number of thioether (sulfide) groups is 1. The number of carbonyl (C=O) groups is 1. The van der Waals surface area contributed by atoms with Crippen LogP contribution in [0.5, 0.6) is 11.5 Å². The molecule has 34 heavy (non-hydrogen) atoms. The van der Waals surface area contributed by atoms with Gasteiger partial charge in [-0.1, -0.05) is 5.16 Å². The Morgan fingerprint density at radius 3 is 2.62 bits per heavy atom. The Labute approximate surface area is 199 Å². The summed E-state index contributed by atoms with van der Waals surface area (Å²) < 4.78 is 36.3. The highest BCUT2D eigenvalue weighted by Gasteiger charge is 2.28. The quantitative estimate of drug-likeness (QED) is 0.376. The van der Waals surface area contributed by atoms with Gasteiger partial charge in [-0.2, -0.15) is 9.98 Å². The van der Waals surface area contributed by atoms with Crippen molar-refractivity contribution in [3.05, 3.63) is 53.2 Å². The van der Waals surface area contributed by atoms with Crippen molar-refractivity contribution in [1.29, 1.82) is 0 Å². The average molecular weight is 485 g/mol. The van der Waals surface area contributed by atoms with Crippen molar-refractivity contribution in [2.45, 2.75) is 13.3 Å². The summed E-state index contributed by atoms with van der Waals surface area (Å²) in [6.07, 6.45) is 1.28. The lowest BCUT2D eigenvalue weighted by Crippen LogP contribution is -2.17. The first-order valence-electron chi connectivity index (χ1n) is 10.2. The molecule has 0 fully saturated rings. The molecule has 1 amide bonds. The van der Waals surface area contributed by atoms with E-state index in [0.717, 1.165) is 17.3 Å². The number of rotatable bonds is 5. The number of nitrogens with zero attached hydrogens (tertiary/aromatic N) is 4. The normalized spacial score (nSPS) is 13.4. The van der Waals surface area contributed by atoms with Gasteiger partial charge in [-0.15, -0.1) is 11.8 Å². The fourth-order valence-electron chi connectivity index (χ4n) is 3.41. The van der Waals surface area contributed by atoms with Gasteiger partial charge >= 0.3 is 6.09 Å². The molecule has 0 unspecified atom stereocenters. The number of fused-ring (bicyclic) bond motifs is 1. The Bertz CT molecular complexity index is 1290. The van der Waals surface area contributed by atoms with Crippen molar-refractivity contribution in [3.63, 3.8) is 0 Å². The Kier molecular flexibility index (Phi) is 6.92. The number of methoxy groups -OCH3 is 2. The second-order valence-corrected chi connectivity index (χ2v) is 7.88. The molecular formula is C23H21FN4O5S. The fraction of sp³-hybridized carbons (Fsp3) is 0.261. The third-order valence-electron chi connectivity index (χ3n) is 5.01. The van der Waals surface area contributed by atoms with Gasteiger partial charge in [0.15, 0.2) is 11.5 Å². The van der Waals surface area contributed by atoms with Gasteiger partial charge < -0.3 is 18.7 Å². The minimum Gasteiger partial charge on any atom is -0.493 e. The summed E-state index contributed by atoms with van der Waals surface area (Å²) in [6.45, 7) is 2.05. The van der Waals surface area contributed by atoms with Crippen LogP contribution < -0.4 is 9.47 Å². The monoisotopic (exact) mass is 484 g/mol. The number of hydrogen-bond donors (Lipinski definition) is 0. The maximum absolute atomic E-state index is 15.6. The van der Waals surface area contributed by atoms with Gasteiger partial charge in [-0.05, 0) is 36.6 Å². The van der Waals surface area contributed by atoms with Crippen LogP contribution in [0.2, 0.25) is 0 Å².